The van der Waals surface area contributed by atoms with E-state index in [9.17, 15) is 9.59 Å². The van der Waals surface area contributed by atoms with E-state index in [2.05, 4.69) is 10.3 Å². The smallest absolute Gasteiger partial charge is 0.356 e. The summed E-state index contributed by atoms with van der Waals surface area (Å²) < 4.78 is 5.44. The van der Waals surface area contributed by atoms with Crippen LogP contribution in [0, 0.1) is 0 Å². The number of hydrogen-bond acceptors (Lipinski definition) is 6. The van der Waals surface area contributed by atoms with E-state index >= 15 is 0 Å². The number of nitrogens with one attached hydrogen (secondary N) is 1. The molecule has 7 heteroatoms. The monoisotopic (exact) mass is 270 g/mol. The van der Waals surface area contributed by atoms with Crippen molar-refractivity contribution in [1.29, 1.82) is 0 Å². The first-order chi connectivity index (χ1) is 8.58. The molecule has 2 heterocycles. The first-order valence-corrected chi connectivity index (χ1v) is 6.50. The Kier molecular flexibility index (Phi) is 3.93. The summed E-state index contributed by atoms with van der Waals surface area (Å²) in [5.74, 6) is -1.46. The molecule has 1 unspecified atom stereocenters. The summed E-state index contributed by atoms with van der Waals surface area (Å²) in [6.07, 6.45) is 2.18. The lowest BCUT2D eigenvalue weighted by atomic mass is 10.2. The van der Waals surface area contributed by atoms with Gasteiger partial charge in [0.25, 0.3) is 0 Å². The minimum atomic E-state index is -1.18. The molecule has 1 aliphatic rings. The molecule has 18 heavy (non-hydrogen) atoms. The van der Waals surface area contributed by atoms with Gasteiger partial charge in [0.1, 0.15) is 4.88 Å². The van der Waals surface area contributed by atoms with Gasteiger partial charge in [0.05, 0.1) is 6.10 Å². The van der Waals surface area contributed by atoms with Gasteiger partial charge in [-0.1, -0.05) is 11.3 Å². The standard InChI is InChI=1S/C11H14N2O4S/c1-6(14)9-8(10(15)16)13-11(18-9)12-5-7-3-2-4-17-7/h7H,2-5H2,1H3,(H,12,13)(H,15,16). The fourth-order valence-electron chi connectivity index (χ4n) is 1.79. The Bertz CT molecular complexity index is 434. The van der Waals surface area contributed by atoms with Gasteiger partial charge in [-0.3, -0.25) is 4.79 Å². The maximum atomic E-state index is 11.3. The number of nitrogens with zero attached hydrogens (tertiary/aromatic N) is 1. The Labute approximate surface area is 108 Å². The summed E-state index contributed by atoms with van der Waals surface area (Å²) in [6, 6.07) is 0. The number of carbonyl (C=O) groups is 2. The third-order valence-electron chi connectivity index (χ3n) is 2.65. The number of hydrogen-bond donors (Lipinski definition) is 2. The molecule has 6 nitrogen and oxygen atoms in total. The molecule has 2 N–H and O–H groups in total. The zero-order chi connectivity index (χ0) is 13.1. The molecule has 1 aliphatic heterocycles. The Morgan fingerprint density at radius 2 is 2.39 bits per heavy atom. The molecule has 0 aromatic carbocycles. The molecule has 0 amide bonds. The van der Waals surface area contributed by atoms with Crippen molar-refractivity contribution in [3.05, 3.63) is 10.6 Å². The predicted molar refractivity (Wildman–Crippen MR) is 66.5 cm³/mol. The van der Waals surface area contributed by atoms with Crippen LogP contribution in [-0.2, 0) is 4.74 Å². The van der Waals surface area contributed by atoms with Gasteiger partial charge in [-0.2, -0.15) is 0 Å². The Morgan fingerprint density at radius 3 is 2.89 bits per heavy atom. The van der Waals surface area contributed by atoms with Gasteiger partial charge < -0.3 is 15.2 Å². The first kappa shape index (κ1) is 13.0. The van der Waals surface area contributed by atoms with Crippen LogP contribution in [0.25, 0.3) is 0 Å². The highest BCUT2D eigenvalue weighted by atomic mass is 32.1. The quantitative estimate of drug-likeness (QED) is 0.791. The van der Waals surface area contributed by atoms with Crippen molar-refractivity contribution < 1.29 is 19.4 Å². The van der Waals surface area contributed by atoms with Crippen molar-refractivity contribution in [3.8, 4) is 0 Å². The summed E-state index contributed by atoms with van der Waals surface area (Å²) in [7, 11) is 0. The second-order valence-electron chi connectivity index (χ2n) is 4.07. The van der Waals surface area contributed by atoms with Gasteiger partial charge in [0.2, 0.25) is 0 Å². The van der Waals surface area contributed by atoms with Crippen molar-refractivity contribution in [2.45, 2.75) is 25.9 Å². The van der Waals surface area contributed by atoms with Crippen LogP contribution in [0.1, 0.15) is 39.9 Å². The highest BCUT2D eigenvalue weighted by Gasteiger charge is 2.21. The van der Waals surface area contributed by atoms with E-state index < -0.39 is 5.97 Å². The van der Waals surface area contributed by atoms with Crippen molar-refractivity contribution in [1.82, 2.24) is 4.98 Å². The van der Waals surface area contributed by atoms with Crippen LogP contribution < -0.4 is 5.32 Å². The second kappa shape index (κ2) is 5.45. The molecule has 0 radical (unpaired) electrons. The fraction of sp³-hybridized carbons (Fsp3) is 0.545. The molecule has 1 aromatic heterocycles. The summed E-state index contributed by atoms with van der Waals surface area (Å²) in [4.78, 5) is 26.3. The van der Waals surface area contributed by atoms with Gasteiger partial charge in [-0.15, -0.1) is 0 Å². The lowest BCUT2D eigenvalue weighted by Crippen LogP contribution is -2.18. The molecule has 0 spiro atoms. The van der Waals surface area contributed by atoms with Crippen LogP contribution >= 0.6 is 11.3 Å². The molecule has 2 rings (SSSR count). The van der Waals surface area contributed by atoms with Crippen molar-refractivity contribution in [2.75, 3.05) is 18.5 Å². The average molecular weight is 270 g/mol. The maximum Gasteiger partial charge on any atom is 0.356 e. The zero-order valence-electron chi connectivity index (χ0n) is 9.93. The summed E-state index contributed by atoms with van der Waals surface area (Å²) in [5, 5.41) is 12.4. The van der Waals surface area contributed by atoms with Gasteiger partial charge in [0, 0.05) is 20.1 Å². The maximum absolute atomic E-state index is 11.3. The van der Waals surface area contributed by atoms with Crippen LogP contribution in [0.5, 0.6) is 0 Å². The number of carboxylic acids is 1. The second-order valence-corrected chi connectivity index (χ2v) is 5.07. The van der Waals surface area contributed by atoms with E-state index in [1.54, 1.807) is 0 Å². The van der Waals surface area contributed by atoms with Crippen LogP contribution in [-0.4, -0.2) is 41.1 Å². The number of carboxylic acid groups (broad SMARTS) is 1. The van der Waals surface area contributed by atoms with Crippen LogP contribution in [0.4, 0.5) is 5.13 Å². The third-order valence-corrected chi connectivity index (χ3v) is 3.77. The minimum Gasteiger partial charge on any atom is -0.476 e. The van der Waals surface area contributed by atoms with Gasteiger partial charge in [-0.25, -0.2) is 9.78 Å². The number of aromatic carboxylic acids is 1. The van der Waals surface area contributed by atoms with Crippen LogP contribution in [0.2, 0.25) is 0 Å². The lowest BCUT2D eigenvalue weighted by Gasteiger charge is -2.08. The number of carbonyl (C=O) groups excluding carboxylic acids is 1. The predicted octanol–water partition coefficient (Wildman–Crippen LogP) is 1.63. The van der Waals surface area contributed by atoms with Gasteiger partial charge in [0.15, 0.2) is 16.6 Å². The topological polar surface area (TPSA) is 88.5 Å². The number of ketones is 1. The van der Waals surface area contributed by atoms with Crippen molar-refractivity contribution in [2.24, 2.45) is 0 Å². The van der Waals surface area contributed by atoms with Gasteiger partial charge >= 0.3 is 5.97 Å². The largest absolute Gasteiger partial charge is 0.476 e. The zero-order valence-corrected chi connectivity index (χ0v) is 10.7. The van der Waals surface area contributed by atoms with Crippen LogP contribution in [0.15, 0.2) is 0 Å². The SMILES string of the molecule is CC(=O)c1sc(NCC2CCCO2)nc1C(=O)O. The molecule has 1 fully saturated rings. The highest BCUT2D eigenvalue weighted by molar-refractivity contribution is 7.17. The van der Waals surface area contributed by atoms with Crippen molar-refractivity contribution >= 4 is 28.2 Å². The molecule has 0 aliphatic carbocycles. The summed E-state index contributed by atoms with van der Waals surface area (Å²) >= 11 is 1.07. The number of ether oxygens (including phenoxy) is 1. The molecular weight excluding hydrogens is 256 g/mol. The normalized spacial score (nSPS) is 18.8. The number of anilines is 1. The third kappa shape index (κ3) is 2.85. The molecule has 1 saturated heterocycles. The minimum absolute atomic E-state index is 0.142. The molecule has 0 bridgehead atoms. The summed E-state index contributed by atoms with van der Waals surface area (Å²) in [5.41, 5.74) is -0.178. The number of thiazole rings is 1. The van der Waals surface area contributed by atoms with E-state index in [0.717, 1.165) is 30.8 Å². The number of rotatable bonds is 5. The molecule has 1 atom stereocenters. The van der Waals surface area contributed by atoms with Crippen LogP contribution in [0.3, 0.4) is 0 Å². The first-order valence-electron chi connectivity index (χ1n) is 5.68. The van der Waals surface area contributed by atoms with E-state index in [1.165, 1.54) is 6.92 Å². The molecule has 1 aromatic rings. The number of aromatic nitrogens is 1. The summed E-state index contributed by atoms with van der Waals surface area (Å²) in [6.45, 7) is 2.69. The Balaban J connectivity index is 2.06. The van der Waals surface area contributed by atoms with E-state index in [1.807, 2.05) is 0 Å². The average Bonchev–Trinajstić information content (AvgIpc) is 2.95. The Hall–Kier alpha value is -1.47. The van der Waals surface area contributed by atoms with E-state index in [-0.39, 0.29) is 22.5 Å². The highest BCUT2D eigenvalue weighted by Crippen LogP contribution is 2.24. The Morgan fingerprint density at radius 1 is 1.61 bits per heavy atom. The number of Topliss-reactive ketones (excluding diaryl/α,β-unsaturated/α-hetero) is 1. The molecule has 0 saturated carbocycles. The van der Waals surface area contributed by atoms with Crippen molar-refractivity contribution in [3.63, 3.8) is 0 Å². The van der Waals surface area contributed by atoms with E-state index in [0.29, 0.717) is 11.7 Å². The molecular formula is C11H14N2O4S. The lowest BCUT2D eigenvalue weighted by molar-refractivity contribution is 0.0687. The van der Waals surface area contributed by atoms with E-state index in [4.69, 9.17) is 9.84 Å². The molecule has 98 valence electrons. The fourth-order valence-corrected chi connectivity index (χ4v) is 2.64. The van der Waals surface area contributed by atoms with Gasteiger partial charge in [-0.05, 0) is 12.8 Å².